The fourth-order valence-corrected chi connectivity index (χ4v) is 2.32. The lowest BCUT2D eigenvalue weighted by Crippen LogP contribution is -2.28. The number of rotatable bonds is 6. The first kappa shape index (κ1) is 17.4. The largest absolute Gasteiger partial charge is 0.493 e. The van der Waals surface area contributed by atoms with Crippen LogP contribution in [0, 0.1) is 5.82 Å². The standard InChI is InChI=1S/C16H14Cl2FNO3/c1-22-14-4-2-3-5-15(14)23-7-6-20-16(21)10-8-13(19)12(18)9-11(10)17/h2-5,8-9H,6-7H2,1H3,(H,20,21). The van der Waals surface area contributed by atoms with Gasteiger partial charge in [-0.05, 0) is 24.3 Å². The number of hydrogen-bond donors (Lipinski definition) is 1. The van der Waals surface area contributed by atoms with Gasteiger partial charge in [0.15, 0.2) is 11.5 Å². The second-order valence-electron chi connectivity index (χ2n) is 4.50. The van der Waals surface area contributed by atoms with Crippen molar-refractivity contribution in [2.45, 2.75) is 0 Å². The van der Waals surface area contributed by atoms with Gasteiger partial charge >= 0.3 is 0 Å². The molecule has 23 heavy (non-hydrogen) atoms. The zero-order valence-corrected chi connectivity index (χ0v) is 13.7. The number of amides is 1. The van der Waals surface area contributed by atoms with Crippen LogP contribution in [-0.2, 0) is 0 Å². The van der Waals surface area contributed by atoms with Gasteiger partial charge in [0, 0.05) is 0 Å². The van der Waals surface area contributed by atoms with Crippen LogP contribution < -0.4 is 14.8 Å². The highest BCUT2D eigenvalue weighted by molar-refractivity contribution is 6.36. The minimum Gasteiger partial charge on any atom is -0.493 e. The molecule has 7 heteroatoms. The van der Waals surface area contributed by atoms with Gasteiger partial charge in [-0.2, -0.15) is 0 Å². The van der Waals surface area contributed by atoms with Gasteiger partial charge < -0.3 is 14.8 Å². The van der Waals surface area contributed by atoms with Gasteiger partial charge in [-0.3, -0.25) is 4.79 Å². The van der Waals surface area contributed by atoms with Crippen LogP contribution in [0.25, 0.3) is 0 Å². The zero-order chi connectivity index (χ0) is 16.8. The number of ether oxygens (including phenoxy) is 2. The maximum absolute atomic E-state index is 13.4. The van der Waals surface area contributed by atoms with E-state index in [0.717, 1.165) is 6.07 Å². The third kappa shape index (κ3) is 4.50. The number of benzene rings is 2. The molecule has 122 valence electrons. The van der Waals surface area contributed by atoms with E-state index in [0.29, 0.717) is 11.5 Å². The predicted octanol–water partition coefficient (Wildman–Crippen LogP) is 3.95. The Morgan fingerprint density at radius 3 is 2.57 bits per heavy atom. The molecule has 0 heterocycles. The number of carbonyl (C=O) groups excluding carboxylic acids is 1. The second-order valence-corrected chi connectivity index (χ2v) is 5.32. The van der Waals surface area contributed by atoms with Crippen molar-refractivity contribution in [3.05, 3.63) is 57.8 Å². The number of para-hydroxylation sites is 2. The van der Waals surface area contributed by atoms with Crippen LogP contribution >= 0.6 is 23.2 Å². The Morgan fingerprint density at radius 1 is 1.17 bits per heavy atom. The first-order chi connectivity index (χ1) is 11.0. The molecule has 0 aliphatic rings. The highest BCUT2D eigenvalue weighted by Gasteiger charge is 2.14. The Kier molecular flexibility index (Phi) is 6.07. The van der Waals surface area contributed by atoms with Crippen LogP contribution in [0.1, 0.15) is 10.4 Å². The van der Waals surface area contributed by atoms with Gasteiger partial charge in [-0.15, -0.1) is 0 Å². The van der Waals surface area contributed by atoms with Crippen LogP contribution in [0.5, 0.6) is 11.5 Å². The second kappa shape index (κ2) is 8.04. The summed E-state index contributed by atoms with van der Waals surface area (Å²) in [6.45, 7) is 0.442. The molecule has 0 radical (unpaired) electrons. The van der Waals surface area contributed by atoms with Gasteiger partial charge in [0.2, 0.25) is 0 Å². The molecule has 0 saturated carbocycles. The highest BCUT2D eigenvalue weighted by atomic mass is 35.5. The Morgan fingerprint density at radius 2 is 1.87 bits per heavy atom. The van der Waals surface area contributed by atoms with Crippen LogP contribution in [0.3, 0.4) is 0 Å². The molecule has 0 unspecified atom stereocenters. The lowest BCUT2D eigenvalue weighted by atomic mass is 10.2. The normalized spacial score (nSPS) is 10.3. The maximum Gasteiger partial charge on any atom is 0.253 e. The maximum atomic E-state index is 13.4. The van der Waals surface area contributed by atoms with Crippen LogP contribution in [0.2, 0.25) is 10.0 Å². The molecule has 2 rings (SSSR count). The van der Waals surface area contributed by atoms with Crippen molar-refractivity contribution in [1.29, 1.82) is 0 Å². The minimum absolute atomic E-state index is 0.0193. The van der Waals surface area contributed by atoms with Gasteiger partial charge in [0.1, 0.15) is 12.4 Å². The van der Waals surface area contributed by atoms with E-state index in [9.17, 15) is 9.18 Å². The Bertz CT molecular complexity index is 710. The number of carbonyl (C=O) groups is 1. The lowest BCUT2D eigenvalue weighted by Gasteiger charge is -2.11. The number of nitrogens with one attached hydrogen (secondary N) is 1. The van der Waals surface area contributed by atoms with Crippen molar-refractivity contribution in [1.82, 2.24) is 5.32 Å². The summed E-state index contributed by atoms with van der Waals surface area (Å²) in [4.78, 5) is 12.0. The topological polar surface area (TPSA) is 47.6 Å². The van der Waals surface area contributed by atoms with E-state index < -0.39 is 11.7 Å². The average Bonchev–Trinajstić information content (AvgIpc) is 2.55. The Labute approximate surface area is 143 Å². The molecule has 0 atom stereocenters. The molecule has 2 aromatic carbocycles. The van der Waals surface area contributed by atoms with E-state index >= 15 is 0 Å². The summed E-state index contributed by atoms with van der Waals surface area (Å²) in [6.07, 6.45) is 0. The van der Waals surface area contributed by atoms with Crippen LogP contribution in [0.4, 0.5) is 4.39 Å². The highest BCUT2D eigenvalue weighted by Crippen LogP contribution is 2.26. The molecule has 0 aromatic heterocycles. The Balaban J connectivity index is 1.89. The molecule has 2 aromatic rings. The van der Waals surface area contributed by atoms with E-state index in [1.54, 1.807) is 19.2 Å². The summed E-state index contributed by atoms with van der Waals surface area (Å²) in [7, 11) is 1.54. The Hall–Kier alpha value is -1.98. The molecule has 1 amide bonds. The fourth-order valence-electron chi connectivity index (χ4n) is 1.86. The van der Waals surface area contributed by atoms with Gasteiger partial charge in [0.25, 0.3) is 5.91 Å². The summed E-state index contributed by atoms with van der Waals surface area (Å²) in [5, 5.41) is 2.54. The third-order valence-corrected chi connectivity index (χ3v) is 3.57. The lowest BCUT2D eigenvalue weighted by molar-refractivity contribution is 0.0946. The molecule has 0 aliphatic carbocycles. The molecular formula is C16H14Cl2FNO3. The molecule has 0 aliphatic heterocycles. The number of halogens is 3. The van der Waals surface area contributed by atoms with Crippen molar-refractivity contribution in [2.75, 3.05) is 20.3 Å². The van der Waals surface area contributed by atoms with Crippen LogP contribution in [-0.4, -0.2) is 26.2 Å². The molecule has 0 fully saturated rings. The first-order valence-corrected chi connectivity index (χ1v) is 7.47. The molecule has 4 nitrogen and oxygen atoms in total. The number of hydrogen-bond acceptors (Lipinski definition) is 3. The molecule has 1 N–H and O–H groups in total. The van der Waals surface area contributed by atoms with Gasteiger partial charge in [0.05, 0.1) is 29.3 Å². The van der Waals surface area contributed by atoms with E-state index in [1.807, 2.05) is 12.1 Å². The van der Waals surface area contributed by atoms with E-state index in [-0.39, 0.29) is 28.8 Å². The fraction of sp³-hybridized carbons (Fsp3) is 0.188. The summed E-state index contributed by atoms with van der Waals surface area (Å²) >= 11 is 11.5. The summed E-state index contributed by atoms with van der Waals surface area (Å²) in [5.41, 5.74) is 0.0193. The van der Waals surface area contributed by atoms with Gasteiger partial charge in [-0.25, -0.2) is 4.39 Å². The van der Waals surface area contributed by atoms with Crippen molar-refractivity contribution >= 4 is 29.1 Å². The minimum atomic E-state index is -0.702. The molecule has 0 saturated heterocycles. The summed E-state index contributed by atoms with van der Waals surface area (Å²) < 4.78 is 24.1. The summed E-state index contributed by atoms with van der Waals surface area (Å²) in [6, 6.07) is 9.35. The SMILES string of the molecule is COc1ccccc1OCCNC(=O)c1cc(F)c(Cl)cc1Cl. The van der Waals surface area contributed by atoms with Gasteiger partial charge in [-0.1, -0.05) is 35.3 Å². The first-order valence-electron chi connectivity index (χ1n) is 6.71. The molecule has 0 bridgehead atoms. The van der Waals surface area contributed by atoms with Crippen LogP contribution in [0.15, 0.2) is 36.4 Å². The molecule has 0 spiro atoms. The van der Waals surface area contributed by atoms with Crippen molar-refractivity contribution < 1.29 is 18.7 Å². The zero-order valence-electron chi connectivity index (χ0n) is 12.2. The third-order valence-electron chi connectivity index (χ3n) is 2.97. The summed E-state index contributed by atoms with van der Waals surface area (Å²) in [5.74, 6) is -0.0397. The predicted molar refractivity (Wildman–Crippen MR) is 87.2 cm³/mol. The smallest absolute Gasteiger partial charge is 0.253 e. The van der Waals surface area contributed by atoms with E-state index in [2.05, 4.69) is 5.32 Å². The van der Waals surface area contributed by atoms with Crippen molar-refractivity contribution in [2.24, 2.45) is 0 Å². The quantitative estimate of drug-likeness (QED) is 0.628. The van der Waals surface area contributed by atoms with E-state index in [4.69, 9.17) is 32.7 Å². The average molecular weight is 358 g/mol. The monoisotopic (exact) mass is 357 g/mol. The number of methoxy groups -OCH3 is 1. The van der Waals surface area contributed by atoms with Crippen molar-refractivity contribution in [3.8, 4) is 11.5 Å². The van der Waals surface area contributed by atoms with Crippen molar-refractivity contribution in [3.63, 3.8) is 0 Å². The van der Waals surface area contributed by atoms with E-state index in [1.165, 1.54) is 6.07 Å². The molecular weight excluding hydrogens is 344 g/mol.